The number of ether oxygens (including phenoxy) is 5. The van der Waals surface area contributed by atoms with Crippen LogP contribution in [0.3, 0.4) is 0 Å². The van der Waals surface area contributed by atoms with Crippen molar-refractivity contribution in [3.05, 3.63) is 0 Å². The molecule has 1 rings (SSSR count). The summed E-state index contributed by atoms with van der Waals surface area (Å²) >= 11 is 0. The van der Waals surface area contributed by atoms with Gasteiger partial charge in [-0.25, -0.2) is 0 Å². The van der Waals surface area contributed by atoms with Crippen molar-refractivity contribution in [3.63, 3.8) is 0 Å². The lowest BCUT2D eigenvalue weighted by molar-refractivity contribution is -0.296. The maximum Gasteiger partial charge on any atom is 0.303 e. The first-order valence-corrected chi connectivity index (χ1v) is 6.51. The SMILES string of the molecule is [2H]CC(=O)OC[C@H]1OC(O)[C@H](OC(=O)C[2H])[C@@H](OC(=O)C[2H])[C@@H]1OC(=O)C[2H]. The number of carbonyl (C=O) groups is 4. The van der Waals surface area contributed by atoms with E-state index in [-0.39, 0.29) is 0 Å². The molecule has 5 atom stereocenters. The Morgan fingerprint density at radius 1 is 0.875 bits per heavy atom. The number of esters is 4. The van der Waals surface area contributed by atoms with E-state index >= 15 is 0 Å². The summed E-state index contributed by atoms with van der Waals surface area (Å²) in [5.74, 6) is -4.26. The van der Waals surface area contributed by atoms with Crippen molar-refractivity contribution in [1.29, 1.82) is 0 Å². The molecule has 10 nitrogen and oxygen atoms in total. The Kier molecular flexibility index (Phi) is 5.07. The Morgan fingerprint density at radius 3 is 1.92 bits per heavy atom. The lowest BCUT2D eigenvalue weighted by Crippen LogP contribution is -2.62. The molecule has 0 saturated carbocycles. The number of hydrogen-bond acceptors (Lipinski definition) is 10. The molecule has 0 aromatic rings. The molecular weight excluding hydrogens is 328 g/mol. The van der Waals surface area contributed by atoms with Crippen LogP contribution in [0.25, 0.3) is 0 Å². The molecule has 1 saturated heterocycles. The highest BCUT2D eigenvalue weighted by Gasteiger charge is 2.51. The van der Waals surface area contributed by atoms with Crippen LogP contribution in [0.5, 0.6) is 0 Å². The normalized spacial score (nSPS) is 31.5. The molecule has 136 valence electrons. The average Bonchev–Trinajstić information content (AvgIpc) is 2.69. The smallest absolute Gasteiger partial charge is 0.303 e. The molecular formula is C14H20O10. The van der Waals surface area contributed by atoms with E-state index in [1.807, 2.05) is 0 Å². The van der Waals surface area contributed by atoms with E-state index in [1.165, 1.54) is 0 Å². The second-order valence-corrected chi connectivity index (χ2v) is 4.61. The van der Waals surface area contributed by atoms with Crippen LogP contribution in [0.1, 0.15) is 33.1 Å². The van der Waals surface area contributed by atoms with Crippen LogP contribution < -0.4 is 0 Å². The van der Waals surface area contributed by atoms with Gasteiger partial charge in [0.15, 0.2) is 24.6 Å². The van der Waals surface area contributed by atoms with E-state index in [2.05, 4.69) is 0 Å². The first-order valence-electron chi connectivity index (χ1n) is 9.34. The molecule has 0 aromatic carbocycles. The molecule has 0 radical (unpaired) electrons. The van der Waals surface area contributed by atoms with Gasteiger partial charge in [0.25, 0.3) is 0 Å². The number of aliphatic hydroxyl groups excluding tert-OH is 1. The fourth-order valence-corrected chi connectivity index (χ4v) is 2.06. The molecule has 0 spiro atoms. The van der Waals surface area contributed by atoms with Gasteiger partial charge in [0.2, 0.25) is 0 Å². The first kappa shape index (κ1) is 14.2. The fraction of sp³-hybridized carbons (Fsp3) is 0.714. The van der Waals surface area contributed by atoms with Crippen LogP contribution in [0.2, 0.25) is 0 Å². The highest BCUT2D eigenvalue weighted by molar-refractivity contribution is 5.68. The zero-order valence-electron chi connectivity index (χ0n) is 16.5. The van der Waals surface area contributed by atoms with Crippen LogP contribution in [0, 0.1) is 0 Å². The molecule has 1 unspecified atom stereocenters. The largest absolute Gasteiger partial charge is 0.463 e. The average molecular weight is 352 g/mol. The van der Waals surface area contributed by atoms with Crippen molar-refractivity contribution >= 4 is 23.9 Å². The highest BCUT2D eigenvalue weighted by atomic mass is 16.7. The summed E-state index contributed by atoms with van der Waals surface area (Å²) < 4.78 is 52.6. The molecule has 1 fully saturated rings. The molecule has 1 N–H and O–H groups in total. The number of aliphatic hydroxyl groups is 1. The van der Waals surface area contributed by atoms with Crippen molar-refractivity contribution in [3.8, 4) is 0 Å². The predicted octanol–water partition coefficient (Wildman–Crippen LogP) is -0.938. The highest BCUT2D eigenvalue weighted by Crippen LogP contribution is 2.28. The molecule has 10 heteroatoms. The summed E-state index contributed by atoms with van der Waals surface area (Å²) in [6.45, 7) is -3.82. The van der Waals surface area contributed by atoms with Crippen LogP contribution >= 0.6 is 0 Å². The van der Waals surface area contributed by atoms with E-state index in [4.69, 9.17) is 29.2 Å². The van der Waals surface area contributed by atoms with Crippen molar-refractivity contribution in [2.75, 3.05) is 6.61 Å². The Labute approximate surface area is 143 Å². The van der Waals surface area contributed by atoms with E-state index in [0.717, 1.165) is 0 Å². The van der Waals surface area contributed by atoms with Crippen LogP contribution in [-0.4, -0.2) is 66.3 Å². The van der Waals surface area contributed by atoms with Gasteiger partial charge >= 0.3 is 23.9 Å². The zero-order valence-corrected chi connectivity index (χ0v) is 12.5. The molecule has 1 aliphatic rings. The lowest BCUT2D eigenvalue weighted by atomic mass is 9.98. The van der Waals surface area contributed by atoms with Crippen molar-refractivity contribution in [2.45, 2.75) is 58.3 Å². The first-order chi connectivity index (χ1) is 13.3. The van der Waals surface area contributed by atoms with E-state index < -0.39 is 88.8 Å². The second kappa shape index (κ2) is 8.60. The number of rotatable bonds is 5. The minimum Gasteiger partial charge on any atom is -0.463 e. The van der Waals surface area contributed by atoms with E-state index in [9.17, 15) is 24.3 Å². The minimum atomic E-state index is -1.91. The molecule has 0 aliphatic carbocycles. The lowest BCUT2D eigenvalue weighted by Gasteiger charge is -2.42. The van der Waals surface area contributed by atoms with Gasteiger partial charge < -0.3 is 28.8 Å². The van der Waals surface area contributed by atoms with E-state index in [0.29, 0.717) is 0 Å². The van der Waals surface area contributed by atoms with Gasteiger partial charge in [-0.2, -0.15) is 0 Å². The predicted molar refractivity (Wildman–Crippen MR) is 74.2 cm³/mol. The molecule has 1 aliphatic heterocycles. The molecule has 1 heterocycles. The summed E-state index contributed by atoms with van der Waals surface area (Å²) in [6.07, 6.45) is -8.24. The third-order valence-electron chi connectivity index (χ3n) is 2.82. The molecule has 0 amide bonds. The Balaban J connectivity index is 3.17. The van der Waals surface area contributed by atoms with Gasteiger partial charge in [0, 0.05) is 33.1 Å². The van der Waals surface area contributed by atoms with E-state index in [1.54, 1.807) is 0 Å². The summed E-state index contributed by atoms with van der Waals surface area (Å²) in [4.78, 5) is 45.9. The minimum absolute atomic E-state index is 0.612. The van der Waals surface area contributed by atoms with Gasteiger partial charge in [-0.15, -0.1) is 0 Å². The zero-order chi connectivity index (χ0) is 21.3. The van der Waals surface area contributed by atoms with Gasteiger partial charge in [0.05, 0.1) is 0 Å². The fourth-order valence-electron chi connectivity index (χ4n) is 2.06. The van der Waals surface area contributed by atoms with Crippen LogP contribution in [-0.2, 0) is 42.9 Å². The quantitative estimate of drug-likeness (QED) is 0.488. The van der Waals surface area contributed by atoms with Gasteiger partial charge in [-0.1, -0.05) is 0 Å². The molecule has 0 bridgehead atoms. The topological polar surface area (TPSA) is 135 Å². The van der Waals surface area contributed by atoms with Crippen molar-refractivity contribution in [2.24, 2.45) is 0 Å². The maximum absolute atomic E-state index is 11.6. The Morgan fingerprint density at radius 2 is 1.38 bits per heavy atom. The summed E-state index contributed by atoms with van der Waals surface area (Å²) in [5.41, 5.74) is 0. The van der Waals surface area contributed by atoms with Crippen LogP contribution in [0.15, 0.2) is 0 Å². The van der Waals surface area contributed by atoms with Gasteiger partial charge in [0.1, 0.15) is 12.7 Å². The second-order valence-electron chi connectivity index (χ2n) is 4.61. The van der Waals surface area contributed by atoms with Gasteiger partial charge in [-0.3, -0.25) is 19.2 Å². The van der Waals surface area contributed by atoms with Crippen LogP contribution in [0.4, 0.5) is 0 Å². The van der Waals surface area contributed by atoms with Gasteiger partial charge in [-0.05, 0) is 0 Å². The Bertz CT molecular complexity index is 574. The summed E-state index contributed by atoms with van der Waals surface area (Å²) in [5, 5.41) is 10.1. The molecule has 24 heavy (non-hydrogen) atoms. The summed E-state index contributed by atoms with van der Waals surface area (Å²) in [7, 11) is 0. The number of hydrogen-bond donors (Lipinski definition) is 1. The third-order valence-corrected chi connectivity index (χ3v) is 2.82. The Hall–Kier alpha value is -2.20. The monoisotopic (exact) mass is 352 g/mol. The van der Waals surface area contributed by atoms with Crippen molar-refractivity contribution in [1.82, 2.24) is 0 Å². The molecule has 0 aromatic heterocycles. The summed E-state index contributed by atoms with van der Waals surface area (Å²) in [6, 6.07) is 0. The maximum atomic E-state index is 11.6. The standard InChI is InChI=1S/C14H20O10/c1-6(15)20-5-10-11(21-7(2)16)12(22-8(3)17)13(14(19)24-10)23-9(4)18/h10-14,19H,5H2,1-4H3/t10-,11-,12+,13-,14?/m1/s1/i1D,2D,3D,4D. The van der Waals surface area contributed by atoms with Crippen molar-refractivity contribution < 1.29 is 53.5 Å². The third kappa shape index (κ3) is 5.78. The number of carbonyl (C=O) groups excluding carboxylic acids is 4.